The Bertz CT molecular complexity index is 3880. The first-order valence-corrected chi connectivity index (χ1v) is 22.9. The molecule has 5 nitrogen and oxygen atoms in total. The van der Waals surface area contributed by atoms with Gasteiger partial charge in [-0.05, 0) is 87.0 Å². The van der Waals surface area contributed by atoms with Crippen LogP contribution in [0.3, 0.4) is 0 Å². The average Bonchev–Trinajstić information content (AvgIpc) is 3.95. The number of hydrogen-bond donors (Lipinski definition) is 0. The SMILES string of the molecule is c1ccc(-c2nc(-c3ccccc3)nc(-c3cc(-c4c(-c5ccccc5)cccc4-c4ccccc4)ccc3-c3ccc4c(c3)oc3cc5c(cc34)c3ccccc3n5-c3ccccc3)n2)cc1. The van der Waals surface area contributed by atoms with Gasteiger partial charge in [0, 0.05) is 50.0 Å². The fraction of sp³-hybridized carbons (Fsp3) is 0. The predicted octanol–water partition coefficient (Wildman–Crippen LogP) is 16.5. The molecular formula is C63H40N4O. The molecule has 0 saturated carbocycles. The predicted molar refractivity (Wildman–Crippen MR) is 279 cm³/mol. The Morgan fingerprint density at radius 2 is 0.809 bits per heavy atom. The fourth-order valence-electron chi connectivity index (χ4n) is 9.91. The summed E-state index contributed by atoms with van der Waals surface area (Å²) in [6.07, 6.45) is 0. The molecule has 0 unspecified atom stereocenters. The number of hydrogen-bond acceptors (Lipinski definition) is 4. The van der Waals surface area contributed by atoms with Crippen molar-refractivity contribution in [3.05, 3.63) is 243 Å². The first-order valence-electron chi connectivity index (χ1n) is 22.9. The van der Waals surface area contributed by atoms with Gasteiger partial charge in [0.2, 0.25) is 0 Å². The Morgan fingerprint density at radius 1 is 0.279 bits per heavy atom. The molecular weight excluding hydrogens is 829 g/mol. The molecule has 13 rings (SSSR count). The van der Waals surface area contributed by atoms with E-state index in [4.69, 9.17) is 19.4 Å². The molecule has 0 aliphatic rings. The average molecular weight is 869 g/mol. The van der Waals surface area contributed by atoms with E-state index in [2.05, 4.69) is 211 Å². The number of aromatic nitrogens is 4. The molecule has 3 aromatic heterocycles. The highest BCUT2D eigenvalue weighted by Gasteiger charge is 2.22. The van der Waals surface area contributed by atoms with Crippen molar-refractivity contribution in [1.29, 1.82) is 0 Å². The molecule has 13 aromatic rings. The van der Waals surface area contributed by atoms with Gasteiger partial charge in [-0.2, -0.15) is 0 Å². The van der Waals surface area contributed by atoms with Gasteiger partial charge in [-0.15, -0.1) is 0 Å². The minimum atomic E-state index is 0.578. The minimum absolute atomic E-state index is 0.578. The lowest BCUT2D eigenvalue weighted by Gasteiger charge is -2.19. The smallest absolute Gasteiger partial charge is 0.164 e. The molecule has 0 bridgehead atoms. The third-order valence-electron chi connectivity index (χ3n) is 13.1. The molecule has 0 fully saturated rings. The number of fused-ring (bicyclic) bond motifs is 6. The number of para-hydroxylation sites is 2. The topological polar surface area (TPSA) is 56.7 Å². The van der Waals surface area contributed by atoms with Crippen LogP contribution in [0.25, 0.3) is 128 Å². The number of nitrogens with zero attached hydrogens (tertiary/aromatic N) is 4. The van der Waals surface area contributed by atoms with Gasteiger partial charge in [0.15, 0.2) is 17.5 Å². The molecule has 68 heavy (non-hydrogen) atoms. The second-order valence-electron chi connectivity index (χ2n) is 17.1. The van der Waals surface area contributed by atoms with E-state index in [1.165, 1.54) is 10.8 Å². The van der Waals surface area contributed by atoms with Crippen molar-refractivity contribution in [1.82, 2.24) is 19.5 Å². The third kappa shape index (κ3) is 6.76. The van der Waals surface area contributed by atoms with Crippen LogP contribution in [0.4, 0.5) is 0 Å². The minimum Gasteiger partial charge on any atom is -0.456 e. The summed E-state index contributed by atoms with van der Waals surface area (Å²) in [5.74, 6) is 1.79. The largest absolute Gasteiger partial charge is 0.456 e. The van der Waals surface area contributed by atoms with E-state index < -0.39 is 0 Å². The monoisotopic (exact) mass is 868 g/mol. The van der Waals surface area contributed by atoms with Crippen LogP contribution < -0.4 is 0 Å². The lowest BCUT2D eigenvalue weighted by molar-refractivity contribution is 0.669. The summed E-state index contributed by atoms with van der Waals surface area (Å²) in [5, 5.41) is 4.53. The van der Waals surface area contributed by atoms with Crippen LogP contribution in [-0.4, -0.2) is 19.5 Å². The summed E-state index contributed by atoms with van der Waals surface area (Å²) < 4.78 is 9.21. The van der Waals surface area contributed by atoms with Gasteiger partial charge in [0.05, 0.1) is 11.0 Å². The van der Waals surface area contributed by atoms with Crippen molar-refractivity contribution in [3.8, 4) is 84.4 Å². The first kappa shape index (κ1) is 39.2. The van der Waals surface area contributed by atoms with Crippen LogP contribution in [0.15, 0.2) is 247 Å². The van der Waals surface area contributed by atoms with Crippen molar-refractivity contribution in [3.63, 3.8) is 0 Å². The van der Waals surface area contributed by atoms with Crippen LogP contribution in [0.5, 0.6) is 0 Å². The van der Waals surface area contributed by atoms with Crippen molar-refractivity contribution >= 4 is 43.7 Å². The molecule has 3 heterocycles. The summed E-state index contributed by atoms with van der Waals surface area (Å²) in [6.45, 7) is 0. The van der Waals surface area contributed by atoms with Gasteiger partial charge in [-0.25, -0.2) is 15.0 Å². The molecule has 0 N–H and O–H groups in total. The van der Waals surface area contributed by atoms with Gasteiger partial charge in [-0.1, -0.05) is 194 Å². The highest BCUT2D eigenvalue weighted by molar-refractivity contribution is 6.17. The molecule has 0 aliphatic carbocycles. The Morgan fingerprint density at radius 3 is 1.44 bits per heavy atom. The molecule has 318 valence electrons. The Kier molecular flexibility index (Phi) is 9.43. The van der Waals surface area contributed by atoms with Gasteiger partial charge in [0.25, 0.3) is 0 Å². The molecule has 0 radical (unpaired) electrons. The number of benzene rings is 10. The Labute approximate surface area is 392 Å². The van der Waals surface area contributed by atoms with Gasteiger partial charge < -0.3 is 8.98 Å². The van der Waals surface area contributed by atoms with E-state index in [0.717, 1.165) is 99.9 Å². The van der Waals surface area contributed by atoms with Crippen molar-refractivity contribution in [2.45, 2.75) is 0 Å². The van der Waals surface area contributed by atoms with E-state index in [1.54, 1.807) is 0 Å². The van der Waals surface area contributed by atoms with E-state index in [-0.39, 0.29) is 0 Å². The third-order valence-corrected chi connectivity index (χ3v) is 13.1. The first-order chi connectivity index (χ1) is 33.7. The molecule has 0 spiro atoms. The number of furan rings is 1. The van der Waals surface area contributed by atoms with Gasteiger partial charge in [0.1, 0.15) is 11.2 Å². The maximum Gasteiger partial charge on any atom is 0.164 e. The van der Waals surface area contributed by atoms with Crippen LogP contribution >= 0.6 is 0 Å². The summed E-state index contributed by atoms with van der Waals surface area (Å²) >= 11 is 0. The molecule has 0 amide bonds. The van der Waals surface area contributed by atoms with Gasteiger partial charge in [-0.3, -0.25) is 0 Å². The Balaban J connectivity index is 1.05. The maximum atomic E-state index is 6.88. The molecule has 10 aromatic carbocycles. The fourth-order valence-corrected chi connectivity index (χ4v) is 9.91. The lowest BCUT2D eigenvalue weighted by Crippen LogP contribution is -2.01. The maximum absolute atomic E-state index is 6.88. The second-order valence-corrected chi connectivity index (χ2v) is 17.1. The van der Waals surface area contributed by atoms with Crippen LogP contribution in [0.2, 0.25) is 0 Å². The molecule has 0 saturated heterocycles. The summed E-state index contributed by atoms with van der Waals surface area (Å²) in [7, 11) is 0. The number of rotatable bonds is 8. The highest BCUT2D eigenvalue weighted by Crippen LogP contribution is 2.45. The zero-order valence-corrected chi connectivity index (χ0v) is 36.8. The normalized spacial score (nSPS) is 11.5. The summed E-state index contributed by atoms with van der Waals surface area (Å²) in [4.78, 5) is 15.7. The summed E-state index contributed by atoms with van der Waals surface area (Å²) in [6, 6.07) is 85.2. The van der Waals surface area contributed by atoms with Crippen LogP contribution in [0.1, 0.15) is 0 Å². The van der Waals surface area contributed by atoms with E-state index in [9.17, 15) is 0 Å². The summed E-state index contributed by atoms with van der Waals surface area (Å²) in [5.41, 5.74) is 16.4. The highest BCUT2D eigenvalue weighted by atomic mass is 16.3. The van der Waals surface area contributed by atoms with E-state index >= 15 is 0 Å². The molecule has 0 atom stereocenters. The lowest BCUT2D eigenvalue weighted by atomic mass is 9.85. The zero-order chi connectivity index (χ0) is 45.0. The van der Waals surface area contributed by atoms with E-state index in [1.807, 2.05) is 36.4 Å². The van der Waals surface area contributed by atoms with Crippen LogP contribution in [0, 0.1) is 0 Å². The zero-order valence-electron chi connectivity index (χ0n) is 36.8. The van der Waals surface area contributed by atoms with E-state index in [0.29, 0.717) is 17.5 Å². The standard InChI is InChI=1S/C63H40N4O/c1-6-19-41(20-7-1)49-30-18-31-50(42-21-8-2-9-22-42)60(49)46-34-35-48(55(37-46)63-65-61(43-23-10-3-11-24-43)64-62(66-63)44-25-12-4-13-26-44)45-33-36-52-54-39-53-51-29-16-17-32-56(51)67(47-27-14-5-15-28-47)57(53)40-59(54)68-58(52)38-45/h1-40H. The quantitative estimate of drug-likeness (QED) is 0.153. The molecule has 5 heteroatoms. The van der Waals surface area contributed by atoms with Crippen LogP contribution in [-0.2, 0) is 0 Å². The Hall–Kier alpha value is -9.19. The van der Waals surface area contributed by atoms with Crippen molar-refractivity contribution in [2.75, 3.05) is 0 Å². The second kappa shape index (κ2) is 16.4. The van der Waals surface area contributed by atoms with Crippen molar-refractivity contribution < 1.29 is 4.42 Å². The van der Waals surface area contributed by atoms with Gasteiger partial charge >= 0.3 is 0 Å². The molecule has 0 aliphatic heterocycles. The van der Waals surface area contributed by atoms with Crippen molar-refractivity contribution in [2.24, 2.45) is 0 Å².